The van der Waals surface area contributed by atoms with Crippen LogP contribution in [-0.2, 0) is 11.3 Å². The lowest BCUT2D eigenvalue weighted by atomic mass is 10.2. The lowest BCUT2D eigenvalue weighted by molar-refractivity contribution is -0.122. The molecular formula is C18H25N3O3. The summed E-state index contributed by atoms with van der Waals surface area (Å²) in [6, 6.07) is 7.64. The van der Waals surface area contributed by atoms with Gasteiger partial charge in [-0.2, -0.15) is 5.10 Å². The van der Waals surface area contributed by atoms with Crippen molar-refractivity contribution in [3.8, 4) is 11.5 Å². The van der Waals surface area contributed by atoms with Crippen LogP contribution < -0.4 is 14.8 Å². The molecule has 0 bridgehead atoms. The SMILES string of the molecule is COc1ccc(CNC(=O)C[C@H](C)n2nc(C)cc2C)cc1OC. The van der Waals surface area contributed by atoms with Gasteiger partial charge in [0.25, 0.3) is 0 Å². The summed E-state index contributed by atoms with van der Waals surface area (Å²) >= 11 is 0. The first-order valence-electron chi connectivity index (χ1n) is 7.95. The fourth-order valence-electron chi connectivity index (χ4n) is 2.71. The highest BCUT2D eigenvalue weighted by Crippen LogP contribution is 2.27. The Morgan fingerprint density at radius 3 is 2.50 bits per heavy atom. The van der Waals surface area contributed by atoms with Gasteiger partial charge in [0.05, 0.1) is 26.0 Å². The van der Waals surface area contributed by atoms with E-state index in [4.69, 9.17) is 9.47 Å². The number of hydrogen-bond donors (Lipinski definition) is 1. The summed E-state index contributed by atoms with van der Waals surface area (Å²) in [5.74, 6) is 1.32. The van der Waals surface area contributed by atoms with Crippen LogP contribution in [0.2, 0.25) is 0 Å². The summed E-state index contributed by atoms with van der Waals surface area (Å²) < 4.78 is 12.4. The Bertz CT molecular complexity index is 710. The number of hydrogen-bond acceptors (Lipinski definition) is 4. The number of nitrogens with zero attached hydrogens (tertiary/aromatic N) is 2. The largest absolute Gasteiger partial charge is 0.493 e. The quantitative estimate of drug-likeness (QED) is 0.847. The van der Waals surface area contributed by atoms with E-state index in [-0.39, 0.29) is 11.9 Å². The van der Waals surface area contributed by atoms with E-state index in [0.29, 0.717) is 24.5 Å². The maximum Gasteiger partial charge on any atom is 0.222 e. The van der Waals surface area contributed by atoms with E-state index in [9.17, 15) is 4.79 Å². The molecule has 0 radical (unpaired) electrons. The molecule has 0 aliphatic rings. The number of methoxy groups -OCH3 is 2. The average Bonchev–Trinajstić information content (AvgIpc) is 2.91. The highest BCUT2D eigenvalue weighted by Gasteiger charge is 2.14. The van der Waals surface area contributed by atoms with E-state index in [1.807, 2.05) is 49.7 Å². The van der Waals surface area contributed by atoms with E-state index < -0.39 is 0 Å². The van der Waals surface area contributed by atoms with Crippen molar-refractivity contribution in [1.29, 1.82) is 0 Å². The zero-order chi connectivity index (χ0) is 17.7. The Kier molecular flexibility index (Phi) is 5.84. The van der Waals surface area contributed by atoms with Crippen LogP contribution in [0.3, 0.4) is 0 Å². The van der Waals surface area contributed by atoms with Crippen molar-refractivity contribution in [3.63, 3.8) is 0 Å². The molecule has 0 fully saturated rings. The van der Waals surface area contributed by atoms with E-state index in [0.717, 1.165) is 17.0 Å². The van der Waals surface area contributed by atoms with E-state index >= 15 is 0 Å². The lowest BCUT2D eigenvalue weighted by Gasteiger charge is -2.15. The highest BCUT2D eigenvalue weighted by atomic mass is 16.5. The zero-order valence-corrected chi connectivity index (χ0v) is 14.9. The number of amides is 1. The molecule has 6 nitrogen and oxygen atoms in total. The van der Waals surface area contributed by atoms with Gasteiger partial charge in [0.1, 0.15) is 0 Å². The minimum atomic E-state index is -0.00941. The number of aromatic nitrogens is 2. The predicted molar refractivity (Wildman–Crippen MR) is 92.4 cm³/mol. The molecule has 1 atom stereocenters. The highest BCUT2D eigenvalue weighted by molar-refractivity contribution is 5.76. The standard InChI is InChI=1S/C18H25N3O3/c1-12-8-13(2)21(20-12)14(3)9-18(22)19-11-15-6-7-16(23-4)17(10-15)24-5/h6-8,10,14H,9,11H2,1-5H3,(H,19,22)/t14-/m0/s1. The molecule has 1 aromatic carbocycles. The van der Waals surface area contributed by atoms with Crippen LogP contribution >= 0.6 is 0 Å². The topological polar surface area (TPSA) is 65.4 Å². The van der Waals surface area contributed by atoms with Crippen LogP contribution in [0.5, 0.6) is 11.5 Å². The number of aryl methyl sites for hydroxylation is 2. The van der Waals surface area contributed by atoms with Gasteiger partial charge in [0.15, 0.2) is 11.5 Å². The maximum atomic E-state index is 12.2. The van der Waals surface area contributed by atoms with Gasteiger partial charge in [0.2, 0.25) is 5.91 Å². The van der Waals surface area contributed by atoms with E-state index in [1.54, 1.807) is 14.2 Å². The Balaban J connectivity index is 1.92. The smallest absolute Gasteiger partial charge is 0.222 e. The molecule has 1 heterocycles. The minimum Gasteiger partial charge on any atom is -0.493 e. The predicted octanol–water partition coefficient (Wildman–Crippen LogP) is 2.78. The number of ether oxygens (including phenoxy) is 2. The third-order valence-electron chi connectivity index (χ3n) is 3.88. The van der Waals surface area contributed by atoms with Crippen LogP contribution in [0.4, 0.5) is 0 Å². The molecule has 24 heavy (non-hydrogen) atoms. The molecule has 0 aliphatic heterocycles. The molecule has 0 saturated heterocycles. The number of carbonyl (C=O) groups excluding carboxylic acids is 1. The maximum absolute atomic E-state index is 12.2. The van der Waals surface area contributed by atoms with Crippen molar-refractivity contribution >= 4 is 5.91 Å². The van der Waals surface area contributed by atoms with Crippen LogP contribution in [0.1, 0.15) is 36.3 Å². The van der Waals surface area contributed by atoms with Crippen LogP contribution in [0.25, 0.3) is 0 Å². The minimum absolute atomic E-state index is 0.00941. The van der Waals surface area contributed by atoms with Crippen molar-refractivity contribution in [2.24, 2.45) is 0 Å². The normalized spacial score (nSPS) is 11.9. The molecule has 130 valence electrons. The van der Waals surface area contributed by atoms with Crippen molar-refractivity contribution in [2.45, 2.75) is 39.8 Å². The molecule has 2 aromatic rings. The summed E-state index contributed by atoms with van der Waals surface area (Å²) in [6.45, 7) is 6.39. The fraction of sp³-hybridized carbons (Fsp3) is 0.444. The first-order valence-corrected chi connectivity index (χ1v) is 7.95. The monoisotopic (exact) mass is 331 g/mol. The molecule has 0 unspecified atom stereocenters. The third-order valence-corrected chi connectivity index (χ3v) is 3.88. The van der Waals surface area contributed by atoms with Crippen molar-refractivity contribution < 1.29 is 14.3 Å². The Labute approximate surface area is 142 Å². The van der Waals surface area contributed by atoms with Gasteiger partial charge in [-0.3, -0.25) is 9.48 Å². The zero-order valence-electron chi connectivity index (χ0n) is 14.9. The van der Waals surface area contributed by atoms with E-state index in [2.05, 4.69) is 10.4 Å². The Morgan fingerprint density at radius 1 is 1.21 bits per heavy atom. The summed E-state index contributed by atoms with van der Waals surface area (Å²) in [4.78, 5) is 12.2. The summed E-state index contributed by atoms with van der Waals surface area (Å²) in [5.41, 5.74) is 2.98. The van der Waals surface area contributed by atoms with Gasteiger partial charge in [-0.1, -0.05) is 6.07 Å². The Morgan fingerprint density at radius 2 is 1.92 bits per heavy atom. The average molecular weight is 331 g/mol. The molecule has 2 rings (SSSR count). The van der Waals surface area contributed by atoms with Gasteiger partial charge < -0.3 is 14.8 Å². The Hall–Kier alpha value is -2.50. The van der Waals surface area contributed by atoms with Crippen molar-refractivity contribution in [1.82, 2.24) is 15.1 Å². The number of benzene rings is 1. The molecule has 1 N–H and O–H groups in total. The van der Waals surface area contributed by atoms with Gasteiger partial charge in [0, 0.05) is 18.7 Å². The van der Waals surface area contributed by atoms with Gasteiger partial charge in [-0.25, -0.2) is 0 Å². The third kappa shape index (κ3) is 4.28. The molecule has 0 saturated carbocycles. The van der Waals surface area contributed by atoms with Crippen molar-refractivity contribution in [3.05, 3.63) is 41.2 Å². The molecule has 0 spiro atoms. The second-order valence-corrected chi connectivity index (χ2v) is 5.89. The first kappa shape index (κ1) is 17.8. The van der Waals surface area contributed by atoms with Gasteiger partial charge >= 0.3 is 0 Å². The summed E-state index contributed by atoms with van der Waals surface area (Å²) in [6.07, 6.45) is 0.384. The second-order valence-electron chi connectivity index (χ2n) is 5.89. The van der Waals surface area contributed by atoms with E-state index in [1.165, 1.54) is 0 Å². The lowest BCUT2D eigenvalue weighted by Crippen LogP contribution is -2.26. The number of rotatable bonds is 7. The second kappa shape index (κ2) is 7.86. The molecular weight excluding hydrogens is 306 g/mol. The van der Waals surface area contributed by atoms with Crippen LogP contribution in [-0.4, -0.2) is 29.9 Å². The molecule has 6 heteroatoms. The fourth-order valence-corrected chi connectivity index (χ4v) is 2.71. The summed E-state index contributed by atoms with van der Waals surface area (Å²) in [7, 11) is 3.19. The number of nitrogens with one attached hydrogen (secondary N) is 1. The summed E-state index contributed by atoms with van der Waals surface area (Å²) in [5, 5.41) is 7.37. The van der Waals surface area contributed by atoms with Gasteiger partial charge in [-0.05, 0) is 44.5 Å². The first-order chi connectivity index (χ1) is 11.4. The molecule has 1 amide bonds. The molecule has 0 aliphatic carbocycles. The van der Waals surface area contributed by atoms with Crippen LogP contribution in [0.15, 0.2) is 24.3 Å². The number of carbonyl (C=O) groups is 1. The van der Waals surface area contributed by atoms with Gasteiger partial charge in [-0.15, -0.1) is 0 Å². The molecule has 1 aromatic heterocycles. The van der Waals surface area contributed by atoms with Crippen LogP contribution in [0, 0.1) is 13.8 Å². The van der Waals surface area contributed by atoms with Crippen molar-refractivity contribution in [2.75, 3.05) is 14.2 Å².